The second-order valence-corrected chi connectivity index (χ2v) is 13.0. The first-order valence-electron chi connectivity index (χ1n) is 13.1. The quantitative estimate of drug-likeness (QED) is 0.384. The van der Waals surface area contributed by atoms with E-state index in [1.165, 1.54) is 56.0 Å². The summed E-state index contributed by atoms with van der Waals surface area (Å²) in [6, 6.07) is 10.3. The number of hydrogen-bond acceptors (Lipinski definition) is 5. The highest BCUT2D eigenvalue weighted by Crippen LogP contribution is 2.61. The highest BCUT2D eigenvalue weighted by atomic mass is 32.2. The predicted octanol–water partition coefficient (Wildman–Crippen LogP) is 5.72. The van der Waals surface area contributed by atoms with Gasteiger partial charge in [-0.3, -0.25) is 9.69 Å². The van der Waals surface area contributed by atoms with E-state index in [1.54, 1.807) is 4.90 Å². The van der Waals surface area contributed by atoms with Gasteiger partial charge in [0.1, 0.15) is 4.32 Å². The van der Waals surface area contributed by atoms with E-state index in [9.17, 15) is 4.79 Å². The molecule has 4 saturated carbocycles. The lowest BCUT2D eigenvalue weighted by molar-refractivity contribution is -0.123. The van der Waals surface area contributed by atoms with Crippen molar-refractivity contribution in [2.75, 3.05) is 13.2 Å². The molecule has 6 aliphatic rings. The molecule has 2 saturated heterocycles. The van der Waals surface area contributed by atoms with Crippen LogP contribution in [0.25, 0.3) is 11.8 Å². The number of carbonyl (C=O) groups is 1. The van der Waals surface area contributed by atoms with Crippen molar-refractivity contribution < 1.29 is 9.53 Å². The smallest absolute Gasteiger partial charge is 0.266 e. The van der Waals surface area contributed by atoms with Crippen LogP contribution in [0.3, 0.4) is 0 Å². The van der Waals surface area contributed by atoms with Gasteiger partial charge in [0.25, 0.3) is 5.91 Å². The van der Waals surface area contributed by atoms with Gasteiger partial charge in [0, 0.05) is 23.8 Å². The second-order valence-electron chi connectivity index (χ2n) is 11.3. The third kappa shape index (κ3) is 3.91. The fourth-order valence-electron chi connectivity index (χ4n) is 7.81. The Morgan fingerprint density at radius 2 is 1.83 bits per heavy atom. The first-order valence-corrected chi connectivity index (χ1v) is 14.3. The molecule has 1 atom stereocenters. The average Bonchev–Trinajstić information content (AvgIpc) is 3.57. The third-order valence-corrected chi connectivity index (χ3v) is 10.3. The van der Waals surface area contributed by atoms with Crippen molar-refractivity contribution in [3.8, 4) is 5.69 Å². The molecule has 1 aromatic heterocycles. The van der Waals surface area contributed by atoms with Gasteiger partial charge < -0.3 is 4.74 Å². The summed E-state index contributed by atoms with van der Waals surface area (Å²) in [5.74, 6) is 2.52. The first kappa shape index (κ1) is 22.3. The van der Waals surface area contributed by atoms with Gasteiger partial charge >= 0.3 is 0 Å². The molecule has 1 unspecified atom stereocenters. The molecule has 7 heteroatoms. The summed E-state index contributed by atoms with van der Waals surface area (Å²) in [7, 11) is 0. The van der Waals surface area contributed by atoms with Crippen LogP contribution < -0.4 is 0 Å². The fourth-order valence-corrected chi connectivity index (χ4v) is 9.08. The van der Waals surface area contributed by atoms with Gasteiger partial charge in [-0.15, -0.1) is 0 Å². The van der Waals surface area contributed by atoms with E-state index in [0.29, 0.717) is 15.8 Å². The Morgan fingerprint density at radius 1 is 1.11 bits per heavy atom. The van der Waals surface area contributed by atoms with Crippen LogP contribution in [0.4, 0.5) is 0 Å². The SMILES string of the molecule is O=C1C(=Cc2cn(-c3ccccc3)nc2C23CC4CC(CC(C4)C2)C3)SC(=S)N1CC1CCCO1. The molecule has 6 fully saturated rings. The zero-order valence-electron chi connectivity index (χ0n) is 19.9. The molecule has 5 nitrogen and oxygen atoms in total. The lowest BCUT2D eigenvalue weighted by atomic mass is 9.48. The highest BCUT2D eigenvalue weighted by Gasteiger charge is 2.53. The Hall–Kier alpha value is -1.96. The van der Waals surface area contributed by atoms with Crippen molar-refractivity contribution in [3.05, 3.63) is 52.7 Å². The summed E-state index contributed by atoms with van der Waals surface area (Å²) in [5.41, 5.74) is 3.49. The number of hydrogen-bond donors (Lipinski definition) is 0. The lowest BCUT2D eigenvalue weighted by Gasteiger charge is -2.56. The van der Waals surface area contributed by atoms with Gasteiger partial charge in [0.05, 0.1) is 28.9 Å². The van der Waals surface area contributed by atoms with Crippen LogP contribution in [-0.2, 0) is 14.9 Å². The largest absolute Gasteiger partial charge is 0.376 e. The van der Waals surface area contributed by atoms with Crippen LogP contribution in [-0.4, -0.2) is 44.2 Å². The Bertz CT molecular complexity index is 1160. The number of para-hydroxylation sites is 1. The third-order valence-electron chi connectivity index (χ3n) is 8.87. The normalized spacial score (nSPS) is 35.1. The summed E-state index contributed by atoms with van der Waals surface area (Å²) in [6.07, 6.45) is 14.3. The van der Waals surface area contributed by atoms with Crippen molar-refractivity contribution in [1.29, 1.82) is 0 Å². The van der Waals surface area contributed by atoms with Crippen LogP contribution in [0.15, 0.2) is 41.4 Å². The number of thiocarbonyl (C=S) groups is 1. The molecule has 2 aromatic rings. The topological polar surface area (TPSA) is 47.4 Å². The summed E-state index contributed by atoms with van der Waals surface area (Å²) in [4.78, 5) is 15.9. The number of ether oxygens (including phenoxy) is 1. The molecule has 3 heterocycles. The molecule has 4 aliphatic carbocycles. The molecule has 35 heavy (non-hydrogen) atoms. The Kier molecular flexibility index (Phi) is 5.44. The molecule has 0 N–H and O–H groups in total. The monoisotopic (exact) mass is 505 g/mol. The summed E-state index contributed by atoms with van der Waals surface area (Å²) in [5, 5.41) is 5.24. The van der Waals surface area contributed by atoms with Gasteiger partial charge in [0.15, 0.2) is 0 Å². The molecule has 2 aliphatic heterocycles. The van der Waals surface area contributed by atoms with Crippen molar-refractivity contribution in [1.82, 2.24) is 14.7 Å². The van der Waals surface area contributed by atoms with Crippen molar-refractivity contribution >= 4 is 40.3 Å². The second kappa shape index (κ2) is 8.56. The number of rotatable bonds is 5. The van der Waals surface area contributed by atoms with Gasteiger partial charge in [-0.2, -0.15) is 5.10 Å². The van der Waals surface area contributed by atoms with E-state index in [1.807, 2.05) is 10.7 Å². The number of nitrogens with zero attached hydrogens (tertiary/aromatic N) is 3. The standard InChI is InChI=1S/C28H31N3O2S2/c32-26-24(35-27(34)30(26)17-23-7-4-8-33-23)12-21-16-31(22-5-2-1-3-6-22)29-25(21)28-13-18-9-19(14-28)11-20(10-18)15-28/h1-3,5-6,12,16,18-20,23H,4,7-11,13-15,17H2. The van der Waals surface area contributed by atoms with E-state index < -0.39 is 0 Å². The van der Waals surface area contributed by atoms with Gasteiger partial charge in [-0.05, 0) is 87.3 Å². The van der Waals surface area contributed by atoms with Crippen LogP contribution in [0, 0.1) is 17.8 Å². The van der Waals surface area contributed by atoms with E-state index in [0.717, 1.165) is 48.5 Å². The molecule has 8 rings (SSSR count). The minimum atomic E-state index is 0.0134. The molecule has 0 radical (unpaired) electrons. The molecular weight excluding hydrogens is 474 g/mol. The van der Waals surface area contributed by atoms with Gasteiger partial charge in [-0.1, -0.05) is 42.2 Å². The summed E-state index contributed by atoms with van der Waals surface area (Å²) < 4.78 is 8.44. The van der Waals surface area contributed by atoms with E-state index in [2.05, 4.69) is 36.5 Å². The number of carbonyl (C=O) groups excluding carboxylic acids is 1. The zero-order chi connectivity index (χ0) is 23.6. The number of aromatic nitrogens is 2. The van der Waals surface area contributed by atoms with E-state index in [-0.39, 0.29) is 17.4 Å². The summed E-state index contributed by atoms with van der Waals surface area (Å²) >= 11 is 7.05. The highest BCUT2D eigenvalue weighted by molar-refractivity contribution is 8.26. The Morgan fingerprint density at radius 3 is 2.49 bits per heavy atom. The van der Waals surface area contributed by atoms with Crippen molar-refractivity contribution in [2.24, 2.45) is 17.8 Å². The lowest BCUT2D eigenvalue weighted by Crippen LogP contribution is -2.49. The van der Waals surface area contributed by atoms with Gasteiger partial charge in [0.2, 0.25) is 0 Å². The zero-order valence-corrected chi connectivity index (χ0v) is 21.5. The van der Waals surface area contributed by atoms with Crippen LogP contribution >= 0.6 is 24.0 Å². The van der Waals surface area contributed by atoms with E-state index >= 15 is 0 Å². The summed E-state index contributed by atoms with van der Waals surface area (Å²) in [6.45, 7) is 1.34. The maximum Gasteiger partial charge on any atom is 0.266 e. The molecular formula is C28H31N3O2S2. The van der Waals surface area contributed by atoms with Crippen molar-refractivity contribution in [2.45, 2.75) is 62.9 Å². The molecule has 4 bridgehead atoms. The first-order chi connectivity index (χ1) is 17.1. The van der Waals surface area contributed by atoms with Crippen LogP contribution in [0.5, 0.6) is 0 Å². The average molecular weight is 506 g/mol. The maximum absolute atomic E-state index is 13.4. The number of benzene rings is 1. The Balaban J connectivity index is 1.27. The number of amides is 1. The number of thioether (sulfide) groups is 1. The molecule has 182 valence electrons. The Labute approximate surface area is 216 Å². The van der Waals surface area contributed by atoms with Crippen LogP contribution in [0.2, 0.25) is 0 Å². The van der Waals surface area contributed by atoms with Crippen molar-refractivity contribution in [3.63, 3.8) is 0 Å². The minimum absolute atomic E-state index is 0.0134. The maximum atomic E-state index is 13.4. The van der Waals surface area contributed by atoms with Crippen LogP contribution in [0.1, 0.15) is 62.6 Å². The van der Waals surface area contributed by atoms with E-state index in [4.69, 9.17) is 22.1 Å². The fraction of sp³-hybridized carbons (Fsp3) is 0.536. The van der Waals surface area contributed by atoms with Gasteiger partial charge in [-0.25, -0.2) is 4.68 Å². The molecule has 0 spiro atoms. The molecule has 1 aromatic carbocycles. The predicted molar refractivity (Wildman–Crippen MR) is 142 cm³/mol. The molecule has 1 amide bonds. The minimum Gasteiger partial charge on any atom is -0.376 e.